The second kappa shape index (κ2) is 31.9. The first-order valence-corrected chi connectivity index (χ1v) is 38.2. The molecule has 5 atom stereocenters. The van der Waals surface area contributed by atoms with Gasteiger partial charge in [-0.15, -0.1) is 0 Å². The van der Waals surface area contributed by atoms with Crippen LogP contribution in [-0.2, 0) is 64.8 Å². The maximum absolute atomic E-state index is 13.7. The van der Waals surface area contributed by atoms with Gasteiger partial charge in [-0.25, -0.2) is 29.4 Å². The van der Waals surface area contributed by atoms with E-state index in [0.717, 1.165) is 153 Å². The Morgan fingerprint density at radius 2 is 0.692 bits per heavy atom. The average Bonchev–Trinajstić information content (AvgIpc) is 1.72. The Balaban J connectivity index is 0.000000102. The fourth-order valence-corrected chi connectivity index (χ4v) is 16.5. The molecule has 0 fully saturated rings. The first-order chi connectivity index (χ1) is 52.5. The van der Waals surface area contributed by atoms with E-state index in [2.05, 4.69) is 235 Å². The second-order valence-electron chi connectivity index (χ2n) is 28.5. The van der Waals surface area contributed by atoms with E-state index in [1.54, 1.807) is 19.2 Å². The Labute approximate surface area is 635 Å². The van der Waals surface area contributed by atoms with Gasteiger partial charge in [0.05, 0.1) is 75.8 Å². The van der Waals surface area contributed by atoms with Crippen molar-refractivity contribution in [1.82, 2.24) is 53.2 Å². The molecule has 19 heteroatoms. The van der Waals surface area contributed by atoms with Crippen LogP contribution in [0.15, 0.2) is 231 Å². The Kier molecular flexibility index (Phi) is 20.9. The number of benzene rings is 10. The molecule has 20 rings (SSSR count). The standard InChI is InChI=1S/C18H19N3O.2C18H19N3.C17H15Cl2N3.C17H16FN3/c1-22-14-7-9-16-13(10-14)11-19-18(20-16)21-17-8-6-12-4-2-3-5-15(12)17;1-12-5-4-8-16-15(12)11-19-18(20-16)21-17-10-9-13-6-2-3-7-14(13)17;1-12-6-8-16-14(10-12)11-19-18(20-16)21-17-9-7-13-4-2-3-5-15(13)17;18-13-6-8-15-12(16(13)19)9-20-17(22-15)21-14-7-5-10-3-1-2-4-11(10)14;18-14-6-3-7-15-13(14)10-19-17(20-15)21-16-9-8-11-4-1-2-5-12(11)16/h2-5,7,9-10,17H,6,8,11H2,1H3,(H2,19,20,21);2-8,17H,9-11H2,1H3,(H2,19,20,21);2-6,8,10,17H,7,9,11H2,1H3,(H2,19,20,21);1-4,6,8,14H,5,7,9H2,(H2,20,21,22);1-7,16H,8-10H2,(H2,19,20,21). The molecule has 0 bridgehead atoms. The summed E-state index contributed by atoms with van der Waals surface area (Å²) in [5.74, 6) is 4.86. The molecule has 5 heterocycles. The molecule has 5 aliphatic heterocycles. The summed E-state index contributed by atoms with van der Waals surface area (Å²) >= 11 is 12.3. The van der Waals surface area contributed by atoms with Gasteiger partial charge in [0.1, 0.15) is 11.6 Å². The summed E-state index contributed by atoms with van der Waals surface area (Å²) < 4.78 is 18.9. The summed E-state index contributed by atoms with van der Waals surface area (Å²) in [6, 6.07) is 72.2. The van der Waals surface area contributed by atoms with E-state index in [4.69, 9.17) is 42.9 Å². The second-order valence-corrected chi connectivity index (χ2v) is 29.3. The molecule has 10 aromatic carbocycles. The highest BCUT2D eigenvalue weighted by molar-refractivity contribution is 6.42. The summed E-state index contributed by atoms with van der Waals surface area (Å²) in [7, 11) is 1.69. The van der Waals surface area contributed by atoms with Gasteiger partial charge in [-0.2, -0.15) is 0 Å². The number of halogens is 3. The first kappa shape index (κ1) is 70.2. The van der Waals surface area contributed by atoms with Crippen molar-refractivity contribution in [2.75, 3.05) is 7.11 Å². The van der Waals surface area contributed by atoms with E-state index in [0.29, 0.717) is 58.6 Å². The van der Waals surface area contributed by atoms with Gasteiger partial charge < -0.3 is 57.9 Å². The van der Waals surface area contributed by atoms with Crippen LogP contribution >= 0.6 is 23.2 Å². The molecule has 0 aromatic heterocycles. The molecule has 10 N–H and O–H groups in total. The van der Waals surface area contributed by atoms with Gasteiger partial charge in [0.25, 0.3) is 0 Å². The zero-order valence-electron chi connectivity index (χ0n) is 60.4. The van der Waals surface area contributed by atoms with Crippen molar-refractivity contribution in [2.24, 2.45) is 25.0 Å². The van der Waals surface area contributed by atoms with Gasteiger partial charge in [0.15, 0.2) is 29.8 Å². The number of nitrogens with zero attached hydrogens (tertiary/aromatic N) is 5. The highest BCUT2D eigenvalue weighted by Crippen LogP contribution is 2.39. The summed E-state index contributed by atoms with van der Waals surface area (Å²) in [6.45, 7) is 7.83. The van der Waals surface area contributed by atoms with Crippen LogP contribution in [-0.4, -0.2) is 36.9 Å². The molecule has 10 aliphatic rings. The van der Waals surface area contributed by atoms with E-state index >= 15 is 0 Å². The normalized spacial score (nSPS) is 19.1. The lowest BCUT2D eigenvalue weighted by Crippen LogP contribution is -2.40. The number of nitrogens with one attached hydrogen (secondary N) is 10. The monoisotopic (exact) mass is 1460 g/mol. The van der Waals surface area contributed by atoms with Crippen molar-refractivity contribution in [3.8, 4) is 5.75 Å². The lowest BCUT2D eigenvalue weighted by molar-refractivity contribution is 0.414. The molecule has 0 saturated heterocycles. The van der Waals surface area contributed by atoms with Gasteiger partial charge in [0, 0.05) is 49.4 Å². The van der Waals surface area contributed by atoms with Crippen LogP contribution in [0.3, 0.4) is 0 Å². The largest absolute Gasteiger partial charge is 0.497 e. The van der Waals surface area contributed by atoms with E-state index < -0.39 is 0 Å². The van der Waals surface area contributed by atoms with Crippen molar-refractivity contribution in [3.05, 3.63) is 317 Å². The lowest BCUT2D eigenvalue weighted by Gasteiger charge is -2.23. The number of ether oxygens (including phenoxy) is 1. The van der Waals surface area contributed by atoms with Gasteiger partial charge in [-0.3, -0.25) is 0 Å². The predicted octanol–water partition coefficient (Wildman–Crippen LogP) is 17.3. The summed E-state index contributed by atoms with van der Waals surface area (Å²) in [4.78, 5) is 23.3. The van der Waals surface area contributed by atoms with E-state index in [9.17, 15) is 4.39 Å². The van der Waals surface area contributed by atoms with Gasteiger partial charge in [-0.05, 0) is 205 Å². The van der Waals surface area contributed by atoms with Crippen molar-refractivity contribution in [3.63, 3.8) is 0 Å². The molecule has 5 aliphatic carbocycles. The van der Waals surface area contributed by atoms with Crippen LogP contribution in [0.1, 0.15) is 157 Å². The van der Waals surface area contributed by atoms with Crippen molar-refractivity contribution < 1.29 is 9.13 Å². The lowest BCUT2D eigenvalue weighted by atomic mass is 10.1. The molecule has 0 saturated carbocycles. The van der Waals surface area contributed by atoms with Gasteiger partial charge >= 0.3 is 0 Å². The van der Waals surface area contributed by atoms with E-state index in [1.165, 1.54) is 84.0 Å². The maximum atomic E-state index is 13.7. The number of rotatable bonds is 6. The zero-order chi connectivity index (χ0) is 72.7. The van der Waals surface area contributed by atoms with Gasteiger partial charge in [0.2, 0.25) is 0 Å². The predicted molar refractivity (Wildman–Crippen MR) is 431 cm³/mol. The summed E-state index contributed by atoms with van der Waals surface area (Å²) in [5, 5.41) is 35.5. The molecular formula is C88H88Cl2FN15O. The van der Waals surface area contributed by atoms with Crippen LogP contribution in [0.25, 0.3) is 0 Å². The molecule has 16 nitrogen and oxygen atoms in total. The van der Waals surface area contributed by atoms with Crippen LogP contribution in [0.2, 0.25) is 10.0 Å². The number of hydrogen-bond donors (Lipinski definition) is 10. The molecular weight excluding hydrogens is 1370 g/mol. The SMILES string of the molecule is COc1ccc2c(c1)CNC(NC1CCc3ccccc31)=N2.Cc1ccc2c(c1)CNC(NC1CCc3ccccc31)=N2.Cc1cccc2c1CNC(NC1CCc3ccccc31)=N2.Clc1ccc2c(c1Cl)CNC(NC1CCc3ccccc31)=N2.Fc1cccc2c1CNC(NC1CCc3ccccc31)=N2. The minimum atomic E-state index is -0.200. The molecule has 107 heavy (non-hydrogen) atoms. The van der Waals surface area contributed by atoms with Crippen molar-refractivity contribution >= 4 is 81.4 Å². The highest BCUT2D eigenvalue weighted by Gasteiger charge is 2.30. The molecule has 0 spiro atoms. The summed E-state index contributed by atoms with van der Waals surface area (Å²) in [5.41, 5.74) is 26.8. The molecule has 5 unspecified atom stereocenters. The number of methoxy groups -OCH3 is 1. The fourth-order valence-electron chi connectivity index (χ4n) is 16.1. The van der Waals surface area contributed by atoms with Gasteiger partial charge in [-0.1, -0.05) is 180 Å². The Bertz CT molecular complexity index is 5020. The number of guanidine groups is 5. The maximum Gasteiger partial charge on any atom is 0.197 e. The third-order valence-corrected chi connectivity index (χ3v) is 22.6. The number of fused-ring (bicyclic) bond motifs is 10. The van der Waals surface area contributed by atoms with Crippen LogP contribution in [0, 0.1) is 19.7 Å². The number of aliphatic imine (C=N–C) groups is 5. The minimum absolute atomic E-state index is 0.200. The molecule has 0 amide bonds. The average molecular weight is 1460 g/mol. The third kappa shape index (κ3) is 15.9. The van der Waals surface area contributed by atoms with Crippen LogP contribution in [0.5, 0.6) is 5.75 Å². The van der Waals surface area contributed by atoms with Crippen LogP contribution in [0.4, 0.5) is 32.8 Å². The highest BCUT2D eigenvalue weighted by atomic mass is 35.5. The Morgan fingerprint density at radius 3 is 1.13 bits per heavy atom. The Hall–Kier alpha value is -11.1. The molecule has 542 valence electrons. The van der Waals surface area contributed by atoms with Crippen LogP contribution < -0.4 is 57.9 Å². The number of aryl methyl sites for hydroxylation is 7. The number of hydrogen-bond acceptors (Lipinski definition) is 16. The van der Waals surface area contributed by atoms with Crippen molar-refractivity contribution in [1.29, 1.82) is 0 Å². The Morgan fingerprint density at radius 1 is 0.346 bits per heavy atom. The topological polar surface area (TPSA) is 191 Å². The smallest absolute Gasteiger partial charge is 0.197 e. The van der Waals surface area contributed by atoms with E-state index in [-0.39, 0.29) is 11.9 Å². The first-order valence-electron chi connectivity index (χ1n) is 37.4. The zero-order valence-corrected chi connectivity index (χ0v) is 61.9. The van der Waals surface area contributed by atoms with Crippen molar-refractivity contribution in [2.45, 2.75) is 141 Å². The minimum Gasteiger partial charge on any atom is -0.497 e. The molecule has 10 aromatic rings. The fraction of sp³-hybridized carbons (Fsp3) is 0.261. The quantitative estimate of drug-likeness (QED) is 0.0762. The summed E-state index contributed by atoms with van der Waals surface area (Å²) in [6.07, 6.45) is 11.2. The van der Waals surface area contributed by atoms with E-state index in [1.807, 2.05) is 30.3 Å². The third-order valence-electron chi connectivity index (χ3n) is 21.7. The molecule has 0 radical (unpaired) electrons.